The van der Waals surface area contributed by atoms with Crippen LogP contribution in [-0.2, 0) is 22.5 Å². The van der Waals surface area contributed by atoms with Crippen LogP contribution in [-0.4, -0.2) is 96.8 Å². The lowest BCUT2D eigenvalue weighted by atomic mass is 9.96. The molecule has 2 fully saturated rings. The van der Waals surface area contributed by atoms with Crippen molar-refractivity contribution in [3.05, 3.63) is 47.2 Å². The number of halogens is 4. The Bertz CT molecular complexity index is 1190. The summed E-state index contributed by atoms with van der Waals surface area (Å²) in [5.41, 5.74) is 6.98. The Hall–Kier alpha value is -3.43. The highest BCUT2D eigenvalue weighted by molar-refractivity contribution is 6.30. The first-order valence-electron chi connectivity index (χ1n) is 12.3. The van der Waals surface area contributed by atoms with Crippen molar-refractivity contribution in [3.8, 4) is 0 Å². The van der Waals surface area contributed by atoms with Crippen LogP contribution in [0, 0.1) is 0 Å². The molecule has 0 amide bonds. The van der Waals surface area contributed by atoms with Crippen molar-refractivity contribution in [2.45, 2.75) is 50.2 Å². The monoisotopic (exact) mass is 571 g/mol. The Labute approximate surface area is 226 Å². The number of aromatic nitrogens is 6. The van der Waals surface area contributed by atoms with Gasteiger partial charge >= 0.3 is 12.1 Å². The number of nitrogens with zero attached hydrogens (tertiary/aromatic N) is 7. The van der Waals surface area contributed by atoms with Crippen LogP contribution in [0.1, 0.15) is 18.4 Å². The summed E-state index contributed by atoms with van der Waals surface area (Å²) in [6.45, 7) is 4.11. The van der Waals surface area contributed by atoms with E-state index in [1.54, 1.807) is 6.20 Å². The van der Waals surface area contributed by atoms with E-state index in [-0.39, 0.29) is 6.10 Å². The number of carbonyl (C=O) groups is 1. The van der Waals surface area contributed by atoms with Crippen LogP contribution in [0.3, 0.4) is 0 Å². The van der Waals surface area contributed by atoms with E-state index >= 15 is 0 Å². The number of rotatable bonds is 6. The van der Waals surface area contributed by atoms with E-state index in [0.717, 1.165) is 49.9 Å². The molecule has 2 aromatic heterocycles. The van der Waals surface area contributed by atoms with Gasteiger partial charge in [0.15, 0.2) is 0 Å². The van der Waals surface area contributed by atoms with Gasteiger partial charge in [-0.05, 0) is 37.0 Å². The lowest BCUT2D eigenvalue weighted by Gasteiger charge is -2.46. The quantitative estimate of drug-likeness (QED) is 0.402. The number of carboxylic acid groups (broad SMARTS) is 1. The third kappa shape index (κ3) is 8.03. The number of morpholine rings is 1. The number of hydrogen-bond donors (Lipinski definition) is 3. The molecule has 39 heavy (non-hydrogen) atoms. The highest BCUT2D eigenvalue weighted by Gasteiger charge is 2.38. The van der Waals surface area contributed by atoms with Gasteiger partial charge in [-0.25, -0.2) is 9.48 Å². The summed E-state index contributed by atoms with van der Waals surface area (Å²) in [4.78, 5) is 16.8. The van der Waals surface area contributed by atoms with Crippen LogP contribution in [0.25, 0.3) is 0 Å². The molecule has 0 saturated carbocycles. The second-order valence-corrected chi connectivity index (χ2v) is 9.75. The predicted molar refractivity (Wildman–Crippen MR) is 135 cm³/mol. The Morgan fingerprint density at radius 3 is 2.46 bits per heavy atom. The van der Waals surface area contributed by atoms with Gasteiger partial charge in [0.25, 0.3) is 0 Å². The number of nitrogen functional groups attached to an aromatic ring is 1. The molecule has 0 bridgehead atoms. The summed E-state index contributed by atoms with van der Waals surface area (Å²) < 4.78 is 39.9. The average Bonchev–Trinajstić information content (AvgIpc) is 3.58. The minimum Gasteiger partial charge on any atom is -0.475 e. The summed E-state index contributed by atoms with van der Waals surface area (Å²) in [5, 5.41) is 24.0. The third-order valence-electron chi connectivity index (χ3n) is 6.62. The van der Waals surface area contributed by atoms with Crippen LogP contribution in [0.2, 0.25) is 5.02 Å². The molecule has 2 aliphatic rings. The zero-order valence-electron chi connectivity index (χ0n) is 20.8. The lowest BCUT2D eigenvalue weighted by molar-refractivity contribution is -0.192. The molecule has 4 heterocycles. The molecule has 0 unspecified atom stereocenters. The fourth-order valence-electron chi connectivity index (χ4n) is 4.76. The highest BCUT2D eigenvalue weighted by atomic mass is 35.5. The minimum absolute atomic E-state index is 0.0882. The second-order valence-electron chi connectivity index (χ2n) is 9.32. The molecule has 3 aromatic rings. The number of carboxylic acids is 1. The Morgan fingerprint density at radius 1 is 1.21 bits per heavy atom. The third-order valence-corrected chi connectivity index (χ3v) is 6.87. The van der Waals surface area contributed by atoms with Crippen LogP contribution in [0.15, 0.2) is 36.7 Å². The Kier molecular flexibility index (Phi) is 9.24. The van der Waals surface area contributed by atoms with Crippen LogP contribution >= 0.6 is 11.6 Å². The maximum atomic E-state index is 10.6. The first-order chi connectivity index (χ1) is 18.6. The zero-order chi connectivity index (χ0) is 28.0. The van der Waals surface area contributed by atoms with Crippen molar-refractivity contribution in [1.82, 2.24) is 35.1 Å². The molecule has 2 saturated heterocycles. The van der Waals surface area contributed by atoms with E-state index in [1.165, 1.54) is 5.56 Å². The van der Waals surface area contributed by atoms with Crippen molar-refractivity contribution < 1.29 is 27.8 Å². The summed E-state index contributed by atoms with van der Waals surface area (Å²) >= 11 is 6.08. The van der Waals surface area contributed by atoms with E-state index < -0.39 is 12.1 Å². The summed E-state index contributed by atoms with van der Waals surface area (Å²) in [7, 11) is 0. The Morgan fingerprint density at radius 2 is 1.90 bits per heavy atom. The number of aliphatic carboxylic acids is 1. The van der Waals surface area contributed by atoms with Gasteiger partial charge in [-0.1, -0.05) is 28.9 Å². The van der Waals surface area contributed by atoms with Gasteiger partial charge in [0.05, 0.1) is 25.5 Å². The molecular weight excluding hydrogens is 543 g/mol. The molecule has 5 rings (SSSR count). The Balaban J connectivity index is 0.000000448. The molecule has 12 nitrogen and oxygen atoms in total. The number of nitrogens with two attached hydrogens (primary N) is 1. The standard InChI is InChI=1S/C21H28ClN9O.C2HF3O2/c22-16-3-1-15(2-4-16)11-18-14-32-19(12-30-10-7-24-28-30)13-31(18)17-5-8-29(9-6-17)21-25-20(23)26-27-21;3-2(4,5)1(6)7/h1-4,7,10,17-19H,5-6,8-9,11-14H2,(H3,23,25,26,27);(H,6,7)/t18-,19-;/m0./s1. The first-order valence-corrected chi connectivity index (χ1v) is 12.7. The molecule has 0 aliphatic carbocycles. The summed E-state index contributed by atoms with van der Waals surface area (Å²) in [6, 6.07) is 8.93. The summed E-state index contributed by atoms with van der Waals surface area (Å²) in [6.07, 6.45) is 1.63. The number of H-pyrrole nitrogens is 1. The van der Waals surface area contributed by atoms with E-state index in [0.29, 0.717) is 31.2 Å². The topological polar surface area (TPSA) is 151 Å². The normalized spacial score (nSPS) is 20.9. The number of ether oxygens (including phenoxy) is 1. The number of piperidine rings is 1. The van der Waals surface area contributed by atoms with Gasteiger partial charge < -0.3 is 20.5 Å². The van der Waals surface area contributed by atoms with E-state index in [4.69, 9.17) is 32.0 Å². The number of nitrogens with one attached hydrogen (secondary N) is 1. The average molecular weight is 572 g/mol. The predicted octanol–water partition coefficient (Wildman–Crippen LogP) is 2.25. The van der Waals surface area contributed by atoms with Gasteiger partial charge in [-0.15, -0.1) is 15.3 Å². The number of hydrogen-bond acceptors (Lipinski definition) is 9. The summed E-state index contributed by atoms with van der Waals surface area (Å²) in [5.74, 6) is -1.65. The first kappa shape index (κ1) is 28.6. The second kappa shape index (κ2) is 12.6. The van der Waals surface area contributed by atoms with Gasteiger partial charge in [0.1, 0.15) is 0 Å². The molecule has 0 spiro atoms. The van der Waals surface area contributed by atoms with E-state index in [2.05, 4.69) is 47.4 Å². The molecular formula is C23H29ClF3N9O3. The minimum atomic E-state index is -5.08. The largest absolute Gasteiger partial charge is 0.490 e. The van der Waals surface area contributed by atoms with E-state index in [1.807, 2.05) is 23.0 Å². The number of anilines is 2. The van der Waals surface area contributed by atoms with Crippen molar-refractivity contribution >= 4 is 29.5 Å². The van der Waals surface area contributed by atoms with Crippen LogP contribution < -0.4 is 10.6 Å². The fourth-order valence-corrected chi connectivity index (χ4v) is 4.89. The number of aromatic amines is 1. The van der Waals surface area contributed by atoms with Crippen molar-refractivity contribution in [2.24, 2.45) is 0 Å². The van der Waals surface area contributed by atoms with Crippen LogP contribution in [0.4, 0.5) is 25.1 Å². The molecule has 1 aromatic carbocycles. The van der Waals surface area contributed by atoms with Crippen LogP contribution in [0.5, 0.6) is 0 Å². The van der Waals surface area contributed by atoms with Crippen molar-refractivity contribution in [3.63, 3.8) is 0 Å². The molecule has 4 N–H and O–H groups in total. The maximum absolute atomic E-state index is 10.6. The smallest absolute Gasteiger partial charge is 0.475 e. The maximum Gasteiger partial charge on any atom is 0.490 e. The van der Waals surface area contributed by atoms with Gasteiger partial charge in [-0.2, -0.15) is 13.2 Å². The molecule has 212 valence electrons. The van der Waals surface area contributed by atoms with Gasteiger partial charge in [-0.3, -0.25) is 9.88 Å². The van der Waals surface area contributed by atoms with Crippen molar-refractivity contribution in [1.29, 1.82) is 0 Å². The zero-order valence-corrected chi connectivity index (χ0v) is 21.6. The molecule has 2 atom stereocenters. The molecule has 0 radical (unpaired) electrons. The van der Waals surface area contributed by atoms with Gasteiger partial charge in [0, 0.05) is 42.9 Å². The molecule has 2 aliphatic heterocycles. The van der Waals surface area contributed by atoms with Gasteiger partial charge in [0.2, 0.25) is 11.9 Å². The number of benzene rings is 1. The molecule has 16 heteroatoms. The SMILES string of the molecule is Nc1nnc(N2CCC(N3C[C@H](Cn4ccnn4)OC[C@@H]3Cc3ccc(Cl)cc3)CC2)[nH]1.O=C(O)C(F)(F)F. The lowest BCUT2D eigenvalue weighted by Crippen LogP contribution is -2.57. The fraction of sp³-hybridized carbons (Fsp3) is 0.522. The van der Waals surface area contributed by atoms with E-state index in [9.17, 15) is 13.2 Å². The number of alkyl halides is 3. The van der Waals surface area contributed by atoms with Crippen molar-refractivity contribution in [2.75, 3.05) is 36.9 Å². The highest BCUT2D eigenvalue weighted by Crippen LogP contribution is 2.27.